The van der Waals surface area contributed by atoms with Crippen molar-refractivity contribution in [2.45, 2.75) is 25.9 Å². The van der Waals surface area contributed by atoms with Crippen LogP contribution in [0.4, 0.5) is 0 Å². The number of fused-ring (bicyclic) bond motifs is 1. The van der Waals surface area contributed by atoms with E-state index in [2.05, 4.69) is 37.4 Å². The number of hydrogen-bond donors (Lipinski definition) is 1. The van der Waals surface area contributed by atoms with Crippen LogP contribution in [0.3, 0.4) is 0 Å². The summed E-state index contributed by atoms with van der Waals surface area (Å²) in [6, 6.07) is 8.40. The predicted octanol–water partition coefficient (Wildman–Crippen LogP) is 2.41. The number of para-hydroxylation sites is 1. The third-order valence-corrected chi connectivity index (χ3v) is 3.08. The number of likely N-dealkylation sites (N-methyl/N-ethyl adjacent to an activating group) is 1. The van der Waals surface area contributed by atoms with E-state index in [9.17, 15) is 0 Å². The predicted molar refractivity (Wildman–Crippen MR) is 62.4 cm³/mol. The normalized spacial score (nSPS) is 24.0. The van der Waals surface area contributed by atoms with Gasteiger partial charge in [0.05, 0.1) is 0 Å². The summed E-state index contributed by atoms with van der Waals surface area (Å²) in [5.41, 5.74) is 1.37. The van der Waals surface area contributed by atoms with Gasteiger partial charge in [-0.15, -0.1) is 0 Å². The molecule has 2 unspecified atom stereocenters. The number of ether oxygens (including phenoxy) is 1. The maximum atomic E-state index is 5.96. The van der Waals surface area contributed by atoms with Gasteiger partial charge in [-0.05, 0) is 19.0 Å². The van der Waals surface area contributed by atoms with Crippen molar-refractivity contribution in [2.75, 3.05) is 13.6 Å². The summed E-state index contributed by atoms with van der Waals surface area (Å²) in [5, 5.41) is 3.20. The Balaban J connectivity index is 2.29. The van der Waals surface area contributed by atoms with Crippen LogP contribution in [0, 0.1) is 5.92 Å². The lowest BCUT2D eigenvalue weighted by atomic mass is 9.85. The van der Waals surface area contributed by atoms with Gasteiger partial charge in [-0.2, -0.15) is 0 Å². The zero-order valence-electron chi connectivity index (χ0n) is 9.66. The van der Waals surface area contributed by atoms with Crippen LogP contribution in [0.25, 0.3) is 0 Å². The molecule has 2 atom stereocenters. The first-order valence-electron chi connectivity index (χ1n) is 5.64. The lowest BCUT2D eigenvalue weighted by Crippen LogP contribution is -2.32. The molecule has 0 bridgehead atoms. The van der Waals surface area contributed by atoms with Gasteiger partial charge in [-0.3, -0.25) is 0 Å². The molecule has 1 heterocycles. The van der Waals surface area contributed by atoms with Gasteiger partial charge in [0.15, 0.2) is 0 Å². The van der Waals surface area contributed by atoms with Gasteiger partial charge in [0.25, 0.3) is 0 Å². The van der Waals surface area contributed by atoms with Crippen LogP contribution in [-0.4, -0.2) is 19.7 Å². The molecule has 0 radical (unpaired) electrons. The van der Waals surface area contributed by atoms with E-state index in [-0.39, 0.29) is 6.10 Å². The highest BCUT2D eigenvalue weighted by Gasteiger charge is 2.35. The fourth-order valence-electron chi connectivity index (χ4n) is 2.46. The summed E-state index contributed by atoms with van der Waals surface area (Å²) < 4.78 is 5.96. The molecule has 0 amide bonds. The van der Waals surface area contributed by atoms with Gasteiger partial charge in [0.1, 0.15) is 11.9 Å². The third kappa shape index (κ3) is 1.86. The van der Waals surface area contributed by atoms with Gasteiger partial charge in [0, 0.05) is 18.0 Å². The fraction of sp³-hybridized carbons (Fsp3) is 0.538. The molecule has 1 aliphatic heterocycles. The second kappa shape index (κ2) is 4.23. The Morgan fingerprint density at radius 3 is 2.73 bits per heavy atom. The average molecular weight is 205 g/mol. The standard InChI is InChI=1S/C13H19NO/c1-9(2)13-10-6-4-5-7-11(10)15-12(13)8-14-3/h4-7,9,12-14H,8H2,1-3H3. The quantitative estimate of drug-likeness (QED) is 0.818. The Morgan fingerprint density at radius 2 is 2.07 bits per heavy atom. The van der Waals surface area contributed by atoms with Crippen LogP contribution in [0.2, 0.25) is 0 Å². The minimum absolute atomic E-state index is 0.285. The van der Waals surface area contributed by atoms with Crippen molar-refractivity contribution in [3.8, 4) is 5.75 Å². The van der Waals surface area contributed by atoms with Crippen LogP contribution in [0.1, 0.15) is 25.3 Å². The van der Waals surface area contributed by atoms with Crippen molar-refractivity contribution in [1.82, 2.24) is 5.32 Å². The van der Waals surface area contributed by atoms with E-state index in [0.717, 1.165) is 12.3 Å². The molecule has 0 saturated carbocycles. The van der Waals surface area contributed by atoms with E-state index in [1.54, 1.807) is 0 Å². The van der Waals surface area contributed by atoms with E-state index in [4.69, 9.17) is 4.74 Å². The Bertz CT molecular complexity index is 335. The summed E-state index contributed by atoms with van der Waals surface area (Å²) in [6.45, 7) is 5.44. The van der Waals surface area contributed by atoms with Crippen molar-refractivity contribution in [1.29, 1.82) is 0 Å². The Hall–Kier alpha value is -1.02. The molecule has 15 heavy (non-hydrogen) atoms. The van der Waals surface area contributed by atoms with Crippen LogP contribution in [-0.2, 0) is 0 Å². The SMILES string of the molecule is CNCC1Oc2ccccc2C1C(C)C. The van der Waals surface area contributed by atoms with Gasteiger partial charge < -0.3 is 10.1 Å². The maximum absolute atomic E-state index is 5.96. The summed E-state index contributed by atoms with van der Waals surface area (Å²) in [4.78, 5) is 0. The molecular formula is C13H19NO. The van der Waals surface area contributed by atoms with E-state index in [1.165, 1.54) is 5.56 Å². The largest absolute Gasteiger partial charge is 0.488 e. The monoisotopic (exact) mass is 205 g/mol. The topological polar surface area (TPSA) is 21.3 Å². The molecule has 2 heteroatoms. The number of rotatable bonds is 3. The molecule has 1 N–H and O–H groups in total. The highest BCUT2D eigenvalue weighted by atomic mass is 16.5. The van der Waals surface area contributed by atoms with Crippen LogP contribution >= 0.6 is 0 Å². The first kappa shape index (κ1) is 10.5. The minimum atomic E-state index is 0.285. The Morgan fingerprint density at radius 1 is 1.33 bits per heavy atom. The Labute approximate surface area is 91.6 Å². The van der Waals surface area contributed by atoms with Gasteiger partial charge in [-0.1, -0.05) is 32.0 Å². The smallest absolute Gasteiger partial charge is 0.123 e. The van der Waals surface area contributed by atoms with Crippen LogP contribution < -0.4 is 10.1 Å². The van der Waals surface area contributed by atoms with Gasteiger partial charge >= 0.3 is 0 Å². The molecule has 0 spiro atoms. The van der Waals surface area contributed by atoms with Crippen LogP contribution in [0.15, 0.2) is 24.3 Å². The second-order valence-electron chi connectivity index (χ2n) is 4.52. The molecule has 2 rings (SSSR count). The summed E-state index contributed by atoms with van der Waals surface area (Å²) in [5.74, 6) is 2.21. The lowest BCUT2D eigenvalue weighted by molar-refractivity contribution is 0.183. The molecule has 1 aromatic carbocycles. The fourth-order valence-corrected chi connectivity index (χ4v) is 2.46. The second-order valence-corrected chi connectivity index (χ2v) is 4.52. The molecule has 0 saturated heterocycles. The highest BCUT2D eigenvalue weighted by Crippen LogP contribution is 2.41. The van der Waals surface area contributed by atoms with E-state index in [1.807, 2.05) is 13.1 Å². The molecule has 1 aliphatic rings. The van der Waals surface area contributed by atoms with Crippen molar-refractivity contribution in [3.05, 3.63) is 29.8 Å². The lowest BCUT2D eigenvalue weighted by Gasteiger charge is -2.21. The third-order valence-electron chi connectivity index (χ3n) is 3.08. The molecule has 1 aromatic rings. The molecular weight excluding hydrogens is 186 g/mol. The van der Waals surface area contributed by atoms with Crippen molar-refractivity contribution in [3.63, 3.8) is 0 Å². The van der Waals surface area contributed by atoms with Crippen molar-refractivity contribution >= 4 is 0 Å². The summed E-state index contributed by atoms with van der Waals surface area (Å²) >= 11 is 0. The number of nitrogens with one attached hydrogen (secondary N) is 1. The molecule has 2 nitrogen and oxygen atoms in total. The summed E-state index contributed by atoms with van der Waals surface area (Å²) in [7, 11) is 1.98. The van der Waals surface area contributed by atoms with Gasteiger partial charge in [-0.25, -0.2) is 0 Å². The van der Waals surface area contributed by atoms with Crippen molar-refractivity contribution < 1.29 is 4.74 Å². The van der Waals surface area contributed by atoms with Gasteiger partial charge in [0.2, 0.25) is 0 Å². The molecule has 0 aromatic heterocycles. The van der Waals surface area contributed by atoms with E-state index in [0.29, 0.717) is 11.8 Å². The van der Waals surface area contributed by atoms with E-state index < -0.39 is 0 Å². The van der Waals surface area contributed by atoms with Crippen LogP contribution in [0.5, 0.6) is 5.75 Å². The van der Waals surface area contributed by atoms with E-state index >= 15 is 0 Å². The molecule has 0 aliphatic carbocycles. The van der Waals surface area contributed by atoms with Crippen molar-refractivity contribution in [2.24, 2.45) is 5.92 Å². The first-order valence-corrected chi connectivity index (χ1v) is 5.64. The zero-order valence-corrected chi connectivity index (χ0v) is 9.66. The number of benzene rings is 1. The highest BCUT2D eigenvalue weighted by molar-refractivity contribution is 5.41. The number of hydrogen-bond acceptors (Lipinski definition) is 2. The minimum Gasteiger partial charge on any atom is -0.488 e. The molecule has 82 valence electrons. The maximum Gasteiger partial charge on any atom is 0.123 e. The summed E-state index contributed by atoms with van der Waals surface area (Å²) in [6.07, 6.45) is 0.285. The molecule has 0 fully saturated rings. The zero-order chi connectivity index (χ0) is 10.8. The Kier molecular flexibility index (Phi) is 2.96. The first-order chi connectivity index (χ1) is 7.24. The average Bonchev–Trinajstić information content (AvgIpc) is 2.56.